The van der Waals surface area contributed by atoms with Crippen molar-refractivity contribution in [3.8, 4) is 0 Å². The second-order valence-electron chi connectivity index (χ2n) is 7.44. The van der Waals surface area contributed by atoms with E-state index in [9.17, 15) is 9.90 Å². The molecule has 0 saturated heterocycles. The van der Waals surface area contributed by atoms with Crippen LogP contribution >= 0.6 is 0 Å². The molecule has 0 aromatic heterocycles. The Hall–Kier alpha value is -1.31. The molecule has 0 aliphatic carbocycles. The minimum Gasteiger partial charge on any atom is -0.481 e. The van der Waals surface area contributed by atoms with Crippen LogP contribution in [0.3, 0.4) is 0 Å². The molecule has 1 rings (SSSR count). The highest BCUT2D eigenvalue weighted by molar-refractivity contribution is 5.76. The van der Waals surface area contributed by atoms with Gasteiger partial charge in [0.15, 0.2) is 0 Å². The monoisotopic (exact) mass is 262 g/mol. The first-order chi connectivity index (χ1) is 8.55. The summed E-state index contributed by atoms with van der Waals surface area (Å²) in [5.41, 5.74) is 0.749. The number of carboxylic acids is 1. The maximum absolute atomic E-state index is 11.8. The number of carbonyl (C=O) groups is 1. The molecule has 1 aromatic rings. The Morgan fingerprint density at radius 2 is 1.37 bits per heavy atom. The van der Waals surface area contributed by atoms with Crippen molar-refractivity contribution in [1.29, 1.82) is 0 Å². The Morgan fingerprint density at radius 3 is 1.68 bits per heavy atom. The predicted molar refractivity (Wildman–Crippen MR) is 79.2 cm³/mol. The highest BCUT2D eigenvalue weighted by Crippen LogP contribution is 2.48. The van der Waals surface area contributed by atoms with Gasteiger partial charge in [-0.2, -0.15) is 0 Å². The minimum atomic E-state index is -0.735. The molecule has 0 aliphatic rings. The first kappa shape index (κ1) is 15.7. The van der Waals surface area contributed by atoms with Gasteiger partial charge in [0.25, 0.3) is 0 Å². The van der Waals surface area contributed by atoms with Crippen LogP contribution in [0, 0.1) is 16.7 Å². The van der Waals surface area contributed by atoms with E-state index in [1.807, 2.05) is 30.3 Å². The van der Waals surface area contributed by atoms with Crippen molar-refractivity contribution >= 4 is 5.97 Å². The van der Waals surface area contributed by atoms with E-state index in [1.165, 1.54) is 0 Å². The Morgan fingerprint density at radius 1 is 0.947 bits per heavy atom. The van der Waals surface area contributed by atoms with Crippen molar-refractivity contribution in [2.75, 3.05) is 0 Å². The molecule has 0 heterocycles. The average Bonchev–Trinajstić information content (AvgIpc) is 2.23. The van der Waals surface area contributed by atoms with Gasteiger partial charge in [-0.1, -0.05) is 71.9 Å². The first-order valence-electron chi connectivity index (χ1n) is 6.83. The second-order valence-corrected chi connectivity index (χ2v) is 7.44. The molecule has 19 heavy (non-hydrogen) atoms. The van der Waals surface area contributed by atoms with E-state index in [-0.39, 0.29) is 16.7 Å². The summed E-state index contributed by atoms with van der Waals surface area (Å²) in [7, 11) is 0. The number of hydrogen-bond acceptors (Lipinski definition) is 1. The maximum Gasteiger partial charge on any atom is 0.311 e. The van der Waals surface area contributed by atoms with Crippen molar-refractivity contribution in [3.63, 3.8) is 0 Å². The molecule has 0 bridgehead atoms. The third-order valence-corrected chi connectivity index (χ3v) is 3.62. The third kappa shape index (κ3) is 3.82. The summed E-state index contributed by atoms with van der Waals surface area (Å²) in [6, 6.07) is 9.58. The first-order valence-corrected chi connectivity index (χ1v) is 6.83. The summed E-state index contributed by atoms with van der Waals surface area (Å²) >= 11 is 0. The molecule has 0 fully saturated rings. The van der Waals surface area contributed by atoms with E-state index in [0.29, 0.717) is 0 Å². The lowest BCUT2D eigenvalue weighted by atomic mass is 9.60. The lowest BCUT2D eigenvalue weighted by Gasteiger charge is -2.44. The average molecular weight is 262 g/mol. The SMILES string of the molecule is CC(C)(C)C(C(C(=O)O)c1ccccc1)C(C)(C)C. The normalized spacial score (nSPS) is 14.5. The zero-order chi connectivity index (χ0) is 14.8. The standard InChI is InChI=1S/C17H26O2/c1-16(2,3)14(17(4,5)6)13(15(18)19)12-10-8-7-9-11-12/h7-11,13-14H,1-6H3,(H,18,19). The van der Waals surface area contributed by atoms with Gasteiger partial charge in [-0.15, -0.1) is 0 Å². The van der Waals surface area contributed by atoms with E-state index in [2.05, 4.69) is 41.5 Å². The van der Waals surface area contributed by atoms with Gasteiger partial charge in [-0.25, -0.2) is 0 Å². The minimum absolute atomic E-state index is 0.0555. The molecule has 2 nitrogen and oxygen atoms in total. The molecule has 106 valence electrons. The Kier molecular flexibility index (Phi) is 4.44. The van der Waals surface area contributed by atoms with Crippen LogP contribution in [0.25, 0.3) is 0 Å². The van der Waals surface area contributed by atoms with Crippen molar-refractivity contribution in [2.45, 2.75) is 47.5 Å². The van der Waals surface area contributed by atoms with Gasteiger partial charge in [0, 0.05) is 0 Å². The molecule has 0 saturated carbocycles. The summed E-state index contributed by atoms with van der Waals surface area (Å²) < 4.78 is 0. The number of rotatable bonds is 3. The lowest BCUT2D eigenvalue weighted by Crippen LogP contribution is -2.40. The fourth-order valence-corrected chi connectivity index (χ4v) is 3.44. The molecule has 1 unspecified atom stereocenters. The molecule has 0 aliphatic heterocycles. The van der Waals surface area contributed by atoms with Crippen molar-refractivity contribution < 1.29 is 9.90 Å². The van der Waals surface area contributed by atoms with Crippen LogP contribution in [0.5, 0.6) is 0 Å². The van der Waals surface area contributed by atoms with Crippen molar-refractivity contribution in [3.05, 3.63) is 35.9 Å². The van der Waals surface area contributed by atoms with Gasteiger partial charge >= 0.3 is 5.97 Å². The van der Waals surface area contributed by atoms with Crippen molar-refractivity contribution in [2.24, 2.45) is 16.7 Å². The highest BCUT2D eigenvalue weighted by atomic mass is 16.4. The lowest BCUT2D eigenvalue weighted by molar-refractivity contribution is -0.143. The van der Waals surface area contributed by atoms with Crippen LogP contribution in [0.15, 0.2) is 30.3 Å². The number of aliphatic carboxylic acids is 1. The Labute approximate surface area is 116 Å². The summed E-state index contributed by atoms with van der Waals surface area (Å²) in [6.07, 6.45) is 0. The summed E-state index contributed by atoms with van der Waals surface area (Å²) in [5.74, 6) is -1.15. The van der Waals surface area contributed by atoms with Crippen LogP contribution in [0.1, 0.15) is 53.0 Å². The van der Waals surface area contributed by atoms with Crippen molar-refractivity contribution in [1.82, 2.24) is 0 Å². The van der Waals surface area contributed by atoms with E-state index in [1.54, 1.807) is 0 Å². The molecule has 1 atom stereocenters. The molecule has 2 heteroatoms. The van der Waals surface area contributed by atoms with Gasteiger partial charge < -0.3 is 5.11 Å². The van der Waals surface area contributed by atoms with Crippen LogP contribution in [-0.4, -0.2) is 11.1 Å². The molecule has 1 aromatic carbocycles. The second kappa shape index (κ2) is 5.36. The van der Waals surface area contributed by atoms with Crippen LogP contribution in [-0.2, 0) is 4.79 Å². The van der Waals surface area contributed by atoms with Gasteiger partial charge in [0.05, 0.1) is 5.92 Å². The number of hydrogen-bond donors (Lipinski definition) is 1. The van der Waals surface area contributed by atoms with Gasteiger partial charge in [-0.3, -0.25) is 4.79 Å². The Bertz CT molecular complexity index is 407. The third-order valence-electron chi connectivity index (χ3n) is 3.62. The smallest absolute Gasteiger partial charge is 0.311 e. The van der Waals surface area contributed by atoms with E-state index < -0.39 is 11.9 Å². The topological polar surface area (TPSA) is 37.3 Å². The van der Waals surface area contributed by atoms with Gasteiger partial charge in [0.2, 0.25) is 0 Å². The summed E-state index contributed by atoms with van der Waals surface area (Å²) in [5, 5.41) is 9.72. The van der Waals surface area contributed by atoms with E-state index >= 15 is 0 Å². The van der Waals surface area contributed by atoms with Crippen LogP contribution in [0.4, 0.5) is 0 Å². The summed E-state index contributed by atoms with van der Waals surface area (Å²) in [4.78, 5) is 11.8. The fourth-order valence-electron chi connectivity index (χ4n) is 3.44. The quantitative estimate of drug-likeness (QED) is 0.866. The van der Waals surface area contributed by atoms with E-state index in [4.69, 9.17) is 0 Å². The maximum atomic E-state index is 11.8. The largest absolute Gasteiger partial charge is 0.481 e. The zero-order valence-electron chi connectivity index (χ0n) is 12.9. The zero-order valence-corrected chi connectivity index (χ0v) is 12.9. The molecule has 0 radical (unpaired) electrons. The van der Waals surface area contributed by atoms with Gasteiger partial charge in [-0.05, 0) is 22.3 Å². The molecular weight excluding hydrogens is 236 g/mol. The number of carboxylic acid groups (broad SMARTS) is 1. The van der Waals surface area contributed by atoms with Crippen LogP contribution in [0.2, 0.25) is 0 Å². The highest BCUT2D eigenvalue weighted by Gasteiger charge is 2.44. The molecule has 0 amide bonds. The van der Waals surface area contributed by atoms with Crippen LogP contribution < -0.4 is 0 Å². The molecular formula is C17H26O2. The Balaban J connectivity index is 3.34. The fraction of sp³-hybridized carbons (Fsp3) is 0.588. The number of benzene rings is 1. The van der Waals surface area contributed by atoms with E-state index in [0.717, 1.165) is 5.56 Å². The predicted octanol–water partition coefficient (Wildman–Crippen LogP) is 4.56. The molecule has 1 N–H and O–H groups in total. The summed E-state index contributed by atoms with van der Waals surface area (Å²) in [6.45, 7) is 12.8. The molecule has 0 spiro atoms. The van der Waals surface area contributed by atoms with Gasteiger partial charge in [0.1, 0.15) is 0 Å².